The number of hydrogen-bond acceptors (Lipinski definition) is 1. The van der Waals surface area contributed by atoms with Crippen LogP contribution in [0.15, 0.2) is 23.8 Å². The van der Waals surface area contributed by atoms with Crippen molar-refractivity contribution in [2.24, 2.45) is 17.3 Å². The molecule has 2 atom stereocenters. The second-order valence-corrected chi connectivity index (χ2v) is 5.52. The van der Waals surface area contributed by atoms with E-state index in [4.69, 9.17) is 0 Å². The second-order valence-electron chi connectivity index (χ2n) is 5.52. The third-order valence-corrected chi connectivity index (χ3v) is 4.24. The van der Waals surface area contributed by atoms with Gasteiger partial charge < -0.3 is 0 Å². The molecule has 2 aliphatic rings. The van der Waals surface area contributed by atoms with Crippen molar-refractivity contribution in [3.63, 3.8) is 0 Å². The van der Waals surface area contributed by atoms with Crippen LogP contribution in [-0.2, 0) is 4.79 Å². The first-order valence-corrected chi connectivity index (χ1v) is 5.91. The van der Waals surface area contributed by atoms with Crippen molar-refractivity contribution < 1.29 is 4.79 Å². The first kappa shape index (κ1) is 10.7. The molecule has 1 heteroatoms. The molecule has 0 heterocycles. The summed E-state index contributed by atoms with van der Waals surface area (Å²) >= 11 is 0. The third kappa shape index (κ3) is 1.80. The second kappa shape index (κ2) is 3.62. The molecular formula is C14H20O. The van der Waals surface area contributed by atoms with Crippen LogP contribution in [0.1, 0.15) is 40.0 Å². The van der Waals surface area contributed by atoms with Gasteiger partial charge in [-0.05, 0) is 49.5 Å². The van der Waals surface area contributed by atoms with Crippen LogP contribution >= 0.6 is 0 Å². The van der Waals surface area contributed by atoms with Gasteiger partial charge >= 0.3 is 0 Å². The maximum atomic E-state index is 10.8. The average molecular weight is 204 g/mol. The SMILES string of the molecule is CC(=O)/C=C/C=C1/[C@H]2CC[C@@H](C2)C1(C)C. The van der Waals surface area contributed by atoms with Gasteiger partial charge in [0, 0.05) is 0 Å². The molecule has 2 fully saturated rings. The summed E-state index contributed by atoms with van der Waals surface area (Å²) in [6, 6.07) is 0. The zero-order valence-electron chi connectivity index (χ0n) is 9.92. The van der Waals surface area contributed by atoms with Crippen molar-refractivity contribution in [2.75, 3.05) is 0 Å². The highest BCUT2D eigenvalue weighted by Crippen LogP contribution is 2.58. The average Bonchev–Trinajstić information content (AvgIpc) is 2.66. The molecule has 2 saturated carbocycles. The molecule has 0 aliphatic heterocycles. The van der Waals surface area contributed by atoms with Gasteiger partial charge in [0.2, 0.25) is 0 Å². The predicted octanol–water partition coefficient (Wildman–Crippen LogP) is 3.51. The summed E-state index contributed by atoms with van der Waals surface area (Å²) in [7, 11) is 0. The maximum Gasteiger partial charge on any atom is 0.152 e. The standard InChI is InChI=1S/C14H20O/c1-10(15)5-4-6-13-11-7-8-12(9-11)14(13,2)3/h4-6,11-12H,7-9H2,1-3H3/b5-4+,13-6-/t11-,12-/m0/s1. The fourth-order valence-corrected chi connectivity index (χ4v) is 3.32. The van der Waals surface area contributed by atoms with Gasteiger partial charge in [0.25, 0.3) is 0 Å². The van der Waals surface area contributed by atoms with E-state index < -0.39 is 0 Å². The van der Waals surface area contributed by atoms with E-state index in [-0.39, 0.29) is 5.78 Å². The summed E-state index contributed by atoms with van der Waals surface area (Å²) in [6.07, 6.45) is 9.90. The Bertz CT molecular complexity index is 333. The van der Waals surface area contributed by atoms with Gasteiger partial charge in [-0.2, -0.15) is 0 Å². The van der Waals surface area contributed by atoms with Crippen LogP contribution in [-0.4, -0.2) is 5.78 Å². The number of fused-ring (bicyclic) bond motifs is 2. The number of rotatable bonds is 2. The Hall–Kier alpha value is -0.850. The van der Waals surface area contributed by atoms with E-state index in [1.54, 1.807) is 18.6 Å². The molecule has 0 aromatic rings. The fourth-order valence-electron chi connectivity index (χ4n) is 3.32. The highest BCUT2D eigenvalue weighted by molar-refractivity contribution is 5.87. The van der Waals surface area contributed by atoms with Crippen LogP contribution in [0.4, 0.5) is 0 Å². The van der Waals surface area contributed by atoms with E-state index in [0.29, 0.717) is 5.41 Å². The van der Waals surface area contributed by atoms with Crippen molar-refractivity contribution in [3.05, 3.63) is 23.8 Å². The minimum absolute atomic E-state index is 0.132. The number of ketones is 1. The van der Waals surface area contributed by atoms with Gasteiger partial charge in [-0.25, -0.2) is 0 Å². The van der Waals surface area contributed by atoms with Crippen LogP contribution in [0.3, 0.4) is 0 Å². The summed E-state index contributed by atoms with van der Waals surface area (Å²) < 4.78 is 0. The van der Waals surface area contributed by atoms with Gasteiger partial charge in [0.15, 0.2) is 5.78 Å². The summed E-state index contributed by atoms with van der Waals surface area (Å²) in [5, 5.41) is 0. The van der Waals surface area contributed by atoms with E-state index in [1.165, 1.54) is 19.3 Å². The summed E-state index contributed by atoms with van der Waals surface area (Å²) in [6.45, 7) is 6.30. The smallest absolute Gasteiger partial charge is 0.152 e. The number of carbonyl (C=O) groups excluding carboxylic acids is 1. The molecule has 0 spiro atoms. The predicted molar refractivity (Wildman–Crippen MR) is 62.5 cm³/mol. The molecule has 0 radical (unpaired) electrons. The van der Waals surface area contributed by atoms with Crippen molar-refractivity contribution in [2.45, 2.75) is 40.0 Å². The minimum Gasteiger partial charge on any atom is -0.295 e. The van der Waals surface area contributed by atoms with Gasteiger partial charge in [-0.15, -0.1) is 0 Å². The third-order valence-electron chi connectivity index (χ3n) is 4.24. The topological polar surface area (TPSA) is 17.1 Å². The van der Waals surface area contributed by atoms with E-state index in [9.17, 15) is 4.79 Å². The molecule has 82 valence electrons. The Kier molecular flexibility index (Phi) is 2.57. The summed E-state index contributed by atoms with van der Waals surface area (Å²) in [5.41, 5.74) is 1.93. The lowest BCUT2D eigenvalue weighted by Crippen LogP contribution is -2.22. The largest absolute Gasteiger partial charge is 0.295 e. The van der Waals surface area contributed by atoms with Crippen molar-refractivity contribution in [1.82, 2.24) is 0 Å². The summed E-state index contributed by atoms with van der Waals surface area (Å²) in [4.78, 5) is 10.8. The number of hydrogen-bond donors (Lipinski definition) is 0. The van der Waals surface area contributed by atoms with E-state index in [1.807, 2.05) is 6.08 Å². The monoisotopic (exact) mass is 204 g/mol. The molecule has 0 N–H and O–H groups in total. The first-order valence-electron chi connectivity index (χ1n) is 5.91. The van der Waals surface area contributed by atoms with Crippen LogP contribution < -0.4 is 0 Å². The fraction of sp³-hybridized carbons (Fsp3) is 0.643. The Morgan fingerprint density at radius 2 is 2.13 bits per heavy atom. The maximum absolute atomic E-state index is 10.8. The van der Waals surface area contributed by atoms with Crippen molar-refractivity contribution in [1.29, 1.82) is 0 Å². The molecule has 0 unspecified atom stereocenters. The van der Waals surface area contributed by atoms with Gasteiger partial charge in [0.05, 0.1) is 0 Å². The molecule has 2 aliphatic carbocycles. The Balaban J connectivity index is 2.18. The molecule has 2 rings (SSSR count). The lowest BCUT2D eigenvalue weighted by molar-refractivity contribution is -0.112. The van der Waals surface area contributed by atoms with Gasteiger partial charge in [0.1, 0.15) is 0 Å². The summed E-state index contributed by atoms with van der Waals surface area (Å²) in [5.74, 6) is 1.80. The minimum atomic E-state index is 0.132. The van der Waals surface area contributed by atoms with Crippen molar-refractivity contribution >= 4 is 5.78 Å². The van der Waals surface area contributed by atoms with Crippen LogP contribution in [0.25, 0.3) is 0 Å². The van der Waals surface area contributed by atoms with Crippen LogP contribution in [0, 0.1) is 17.3 Å². The Labute approximate surface area is 92.3 Å². The molecule has 0 aromatic heterocycles. The van der Waals surface area contributed by atoms with Crippen LogP contribution in [0.5, 0.6) is 0 Å². The Morgan fingerprint density at radius 1 is 1.40 bits per heavy atom. The highest BCUT2D eigenvalue weighted by Gasteiger charge is 2.48. The quantitative estimate of drug-likeness (QED) is 0.629. The van der Waals surface area contributed by atoms with E-state index in [0.717, 1.165) is 11.8 Å². The normalized spacial score (nSPS) is 35.5. The zero-order chi connectivity index (χ0) is 11.1. The molecule has 0 saturated heterocycles. The lowest BCUT2D eigenvalue weighted by Gasteiger charge is -2.32. The number of allylic oxidation sites excluding steroid dienone is 4. The lowest BCUT2D eigenvalue weighted by atomic mass is 9.72. The van der Waals surface area contributed by atoms with E-state index in [2.05, 4.69) is 19.9 Å². The zero-order valence-corrected chi connectivity index (χ0v) is 9.92. The highest BCUT2D eigenvalue weighted by atomic mass is 16.1. The van der Waals surface area contributed by atoms with Crippen LogP contribution in [0.2, 0.25) is 0 Å². The number of carbonyl (C=O) groups is 1. The van der Waals surface area contributed by atoms with Crippen molar-refractivity contribution in [3.8, 4) is 0 Å². The molecular weight excluding hydrogens is 184 g/mol. The first-order chi connectivity index (χ1) is 7.01. The van der Waals surface area contributed by atoms with E-state index >= 15 is 0 Å². The molecule has 1 nitrogen and oxygen atoms in total. The molecule has 0 aromatic carbocycles. The molecule has 2 bridgehead atoms. The molecule has 15 heavy (non-hydrogen) atoms. The van der Waals surface area contributed by atoms with Gasteiger partial charge in [-0.3, -0.25) is 4.79 Å². The van der Waals surface area contributed by atoms with Gasteiger partial charge in [-0.1, -0.05) is 31.6 Å². The molecule has 0 amide bonds. The Morgan fingerprint density at radius 3 is 2.67 bits per heavy atom.